The van der Waals surface area contributed by atoms with Crippen LogP contribution in [0.5, 0.6) is 5.75 Å². The highest BCUT2D eigenvalue weighted by atomic mass is 16.6. The zero-order chi connectivity index (χ0) is 14.6. The second-order valence-corrected chi connectivity index (χ2v) is 4.16. The average Bonchev–Trinajstić information content (AvgIpc) is 2.30. The normalized spacial score (nSPS) is 10.9. The molecule has 0 spiro atoms. The Morgan fingerprint density at radius 3 is 2.58 bits per heavy atom. The van der Waals surface area contributed by atoms with E-state index in [4.69, 9.17) is 11.5 Å². The van der Waals surface area contributed by atoms with Crippen molar-refractivity contribution < 1.29 is 10.0 Å². The second-order valence-electron chi connectivity index (χ2n) is 4.16. The number of nitrogens with zero attached hydrogens (tertiary/aromatic N) is 3. The zero-order valence-corrected chi connectivity index (χ0v) is 10.6. The number of guanidine groups is 1. The highest BCUT2D eigenvalue weighted by Crippen LogP contribution is 2.32. The molecule has 1 rings (SSSR count). The number of aromatic hydroxyl groups is 1. The number of nitro benzene ring substituents is 1. The number of nitrogens with two attached hydrogens (primary N) is 2. The summed E-state index contributed by atoms with van der Waals surface area (Å²) in [6, 6.07) is 2.93. The van der Waals surface area contributed by atoms with Gasteiger partial charge >= 0.3 is 5.69 Å². The standard InChI is InChI=1S/C11H15N5O3/c1-6(2)7-3-8(5-14-15-11(12)13)10(17)9(4-7)16(18)19/h3-6,17H,1-2H3,(H4,12,13,15). The van der Waals surface area contributed by atoms with Crippen LogP contribution < -0.4 is 11.5 Å². The summed E-state index contributed by atoms with van der Waals surface area (Å²) in [6.07, 6.45) is 1.16. The molecule has 0 bridgehead atoms. The molecule has 0 aliphatic carbocycles. The Kier molecular flexibility index (Phi) is 4.41. The molecule has 0 unspecified atom stereocenters. The fourth-order valence-electron chi connectivity index (χ4n) is 1.39. The van der Waals surface area contributed by atoms with E-state index in [-0.39, 0.29) is 23.1 Å². The van der Waals surface area contributed by atoms with Gasteiger partial charge in [0.05, 0.1) is 11.1 Å². The lowest BCUT2D eigenvalue weighted by Gasteiger charge is -2.08. The second kappa shape index (κ2) is 5.80. The minimum atomic E-state index is -0.654. The predicted molar refractivity (Wildman–Crippen MR) is 72.3 cm³/mol. The molecule has 0 heterocycles. The third kappa shape index (κ3) is 3.66. The number of hydrogen-bond donors (Lipinski definition) is 3. The van der Waals surface area contributed by atoms with Gasteiger partial charge in [-0.15, -0.1) is 5.10 Å². The molecule has 0 saturated carbocycles. The van der Waals surface area contributed by atoms with Gasteiger partial charge in [-0.1, -0.05) is 13.8 Å². The maximum atomic E-state index is 10.9. The maximum Gasteiger partial charge on any atom is 0.311 e. The van der Waals surface area contributed by atoms with Crippen molar-refractivity contribution in [2.75, 3.05) is 0 Å². The Morgan fingerprint density at radius 2 is 2.11 bits per heavy atom. The Bertz CT molecular complexity index is 548. The molecule has 19 heavy (non-hydrogen) atoms. The van der Waals surface area contributed by atoms with Crippen molar-refractivity contribution in [1.29, 1.82) is 0 Å². The molecule has 5 N–H and O–H groups in total. The summed E-state index contributed by atoms with van der Waals surface area (Å²) in [4.78, 5) is 10.2. The molecule has 1 aromatic carbocycles. The molecule has 8 heteroatoms. The summed E-state index contributed by atoms with van der Waals surface area (Å²) in [5, 5.41) is 27.6. The Hall–Kier alpha value is -2.64. The van der Waals surface area contributed by atoms with Crippen LogP contribution in [0.1, 0.15) is 30.9 Å². The third-order valence-corrected chi connectivity index (χ3v) is 2.37. The van der Waals surface area contributed by atoms with Crippen molar-refractivity contribution in [3.05, 3.63) is 33.4 Å². The minimum Gasteiger partial charge on any atom is -0.502 e. The largest absolute Gasteiger partial charge is 0.502 e. The molecule has 0 radical (unpaired) electrons. The molecule has 0 amide bonds. The van der Waals surface area contributed by atoms with E-state index in [1.54, 1.807) is 6.07 Å². The van der Waals surface area contributed by atoms with Crippen molar-refractivity contribution in [2.24, 2.45) is 21.7 Å². The first-order valence-electron chi connectivity index (χ1n) is 5.46. The molecule has 1 aromatic rings. The average molecular weight is 265 g/mol. The number of nitro groups is 1. The van der Waals surface area contributed by atoms with Gasteiger partial charge in [0.25, 0.3) is 0 Å². The van der Waals surface area contributed by atoms with Crippen LogP contribution in [-0.2, 0) is 0 Å². The molecule has 0 fully saturated rings. The molecule has 8 nitrogen and oxygen atoms in total. The summed E-state index contributed by atoms with van der Waals surface area (Å²) < 4.78 is 0. The van der Waals surface area contributed by atoms with Crippen molar-refractivity contribution >= 4 is 17.9 Å². The van der Waals surface area contributed by atoms with E-state index in [0.717, 1.165) is 6.21 Å². The van der Waals surface area contributed by atoms with Crippen molar-refractivity contribution in [3.8, 4) is 5.75 Å². The van der Waals surface area contributed by atoms with E-state index in [9.17, 15) is 15.2 Å². The number of benzene rings is 1. The number of phenols is 1. The van der Waals surface area contributed by atoms with Gasteiger partial charge in [0, 0.05) is 11.6 Å². The van der Waals surface area contributed by atoms with Crippen molar-refractivity contribution in [1.82, 2.24) is 0 Å². The van der Waals surface area contributed by atoms with Crippen molar-refractivity contribution in [3.63, 3.8) is 0 Å². The minimum absolute atomic E-state index is 0.0644. The summed E-state index contributed by atoms with van der Waals surface area (Å²) in [5.74, 6) is -0.649. The first-order chi connectivity index (χ1) is 8.82. The number of hydrogen-bond acceptors (Lipinski definition) is 5. The quantitative estimate of drug-likeness (QED) is 0.323. The molecule has 0 aliphatic rings. The van der Waals surface area contributed by atoms with E-state index in [1.165, 1.54) is 6.07 Å². The van der Waals surface area contributed by atoms with E-state index in [0.29, 0.717) is 5.56 Å². The lowest BCUT2D eigenvalue weighted by molar-refractivity contribution is -0.385. The summed E-state index contributed by atoms with van der Waals surface area (Å²) in [5.41, 5.74) is 10.7. The SMILES string of the molecule is CC(C)c1cc(C=NN=C(N)N)c(O)c([N+](=O)[O-])c1. The first-order valence-corrected chi connectivity index (χ1v) is 5.46. The van der Waals surface area contributed by atoms with Crippen molar-refractivity contribution in [2.45, 2.75) is 19.8 Å². The monoisotopic (exact) mass is 265 g/mol. The van der Waals surface area contributed by atoms with Crippen LogP contribution in [0, 0.1) is 10.1 Å². The Morgan fingerprint density at radius 1 is 1.47 bits per heavy atom. The van der Waals surface area contributed by atoms with Crippen LogP contribution in [0.25, 0.3) is 0 Å². The van der Waals surface area contributed by atoms with Gasteiger partial charge < -0.3 is 16.6 Å². The fraction of sp³-hybridized carbons (Fsp3) is 0.273. The van der Waals surface area contributed by atoms with Crippen LogP contribution >= 0.6 is 0 Å². The molecule has 0 saturated heterocycles. The lowest BCUT2D eigenvalue weighted by atomic mass is 9.99. The summed E-state index contributed by atoms with van der Waals surface area (Å²) >= 11 is 0. The number of rotatable bonds is 4. The van der Waals surface area contributed by atoms with Gasteiger partial charge in [0.1, 0.15) is 0 Å². The Labute approximate surface area is 109 Å². The third-order valence-electron chi connectivity index (χ3n) is 2.37. The highest BCUT2D eigenvalue weighted by molar-refractivity contribution is 5.87. The molecule has 102 valence electrons. The van der Waals surface area contributed by atoms with Gasteiger partial charge in [-0.3, -0.25) is 10.1 Å². The summed E-state index contributed by atoms with van der Waals surface area (Å²) in [7, 11) is 0. The highest BCUT2D eigenvalue weighted by Gasteiger charge is 2.19. The van der Waals surface area contributed by atoms with Gasteiger partial charge in [-0.25, -0.2) is 0 Å². The van der Waals surface area contributed by atoms with Crippen LogP contribution in [0.15, 0.2) is 22.3 Å². The topological polar surface area (TPSA) is 140 Å². The zero-order valence-electron chi connectivity index (χ0n) is 10.6. The first kappa shape index (κ1) is 14.4. The van der Waals surface area contributed by atoms with Crippen LogP contribution in [0.4, 0.5) is 5.69 Å². The maximum absolute atomic E-state index is 10.9. The Balaban J connectivity index is 3.33. The van der Waals surface area contributed by atoms with Crippen LogP contribution in [0.3, 0.4) is 0 Å². The van der Waals surface area contributed by atoms with E-state index >= 15 is 0 Å². The van der Waals surface area contributed by atoms with Gasteiger partial charge in [0.15, 0.2) is 0 Å². The predicted octanol–water partition coefficient (Wildman–Crippen LogP) is 1.03. The van der Waals surface area contributed by atoms with E-state index in [2.05, 4.69) is 10.2 Å². The van der Waals surface area contributed by atoms with E-state index in [1.807, 2.05) is 13.8 Å². The molecule has 0 aromatic heterocycles. The van der Waals surface area contributed by atoms with Gasteiger partial charge in [-0.05, 0) is 17.5 Å². The molecular weight excluding hydrogens is 250 g/mol. The number of phenolic OH excluding ortho intramolecular Hbond substituents is 1. The molecular formula is C11H15N5O3. The van der Waals surface area contributed by atoms with Gasteiger partial charge in [0.2, 0.25) is 11.7 Å². The van der Waals surface area contributed by atoms with Crippen LogP contribution in [0.2, 0.25) is 0 Å². The fourth-order valence-corrected chi connectivity index (χ4v) is 1.39. The summed E-state index contributed by atoms with van der Waals surface area (Å²) in [6.45, 7) is 3.76. The lowest BCUT2D eigenvalue weighted by Crippen LogP contribution is -2.21. The molecule has 0 aliphatic heterocycles. The van der Waals surface area contributed by atoms with Crippen LogP contribution in [-0.4, -0.2) is 22.2 Å². The smallest absolute Gasteiger partial charge is 0.311 e. The van der Waals surface area contributed by atoms with Gasteiger partial charge in [-0.2, -0.15) is 5.10 Å². The molecule has 0 atom stereocenters. The van der Waals surface area contributed by atoms with E-state index < -0.39 is 10.7 Å².